The summed E-state index contributed by atoms with van der Waals surface area (Å²) in [4.78, 5) is 75.8. The zero-order valence-electron chi connectivity index (χ0n) is 36.5. The minimum absolute atomic E-state index is 0.0152. The Labute approximate surface area is 346 Å². The first kappa shape index (κ1) is 45.8. The topological polar surface area (TPSA) is 190 Å². The lowest BCUT2D eigenvalue weighted by Crippen LogP contribution is -2.48. The van der Waals surface area contributed by atoms with Gasteiger partial charge in [0.1, 0.15) is 22.4 Å². The molecule has 0 radical (unpaired) electrons. The lowest BCUT2D eigenvalue weighted by Gasteiger charge is -2.30. The molecule has 0 bridgehead atoms. The van der Waals surface area contributed by atoms with Gasteiger partial charge in [0.25, 0.3) is 5.91 Å². The fraction of sp³-hybridized carbons (Fsp3) is 0.512. The van der Waals surface area contributed by atoms with Crippen molar-refractivity contribution >= 4 is 53.5 Å². The maximum absolute atomic E-state index is 13.6. The van der Waals surface area contributed by atoms with E-state index in [2.05, 4.69) is 25.9 Å². The molecule has 0 unspecified atom stereocenters. The van der Waals surface area contributed by atoms with Crippen LogP contribution in [0.5, 0.6) is 0 Å². The summed E-state index contributed by atoms with van der Waals surface area (Å²) in [6.45, 7) is 24.1. The molecule has 2 aromatic carbocycles. The molecule has 0 aliphatic carbocycles. The molecule has 2 aliphatic rings. The van der Waals surface area contributed by atoms with E-state index in [-0.39, 0.29) is 17.8 Å². The van der Waals surface area contributed by atoms with Gasteiger partial charge in [0.2, 0.25) is 11.9 Å². The molecule has 5 amide bonds. The van der Waals surface area contributed by atoms with Crippen LogP contribution in [-0.4, -0.2) is 87.5 Å². The van der Waals surface area contributed by atoms with Gasteiger partial charge in [-0.2, -0.15) is 0 Å². The maximum Gasteiger partial charge on any atom is 0.437 e. The number of alkyl carbamates (subject to hydrolysis) is 2. The summed E-state index contributed by atoms with van der Waals surface area (Å²) in [6, 6.07) is 11.2. The van der Waals surface area contributed by atoms with Crippen molar-refractivity contribution in [2.45, 2.75) is 132 Å². The van der Waals surface area contributed by atoms with Gasteiger partial charge in [-0.3, -0.25) is 15.4 Å². The fourth-order valence-electron chi connectivity index (χ4n) is 5.95. The number of nitrogens with zero attached hydrogens (tertiary/aromatic N) is 4. The highest BCUT2D eigenvalue weighted by Gasteiger charge is 2.29. The SMILES string of the molecule is Cc1cc(C2=CCN(/C(=N\C(=O)OC(C)(C)C)NC(=O)OC(C)(C)C)CC2)ccc1C(=O)Nc1ccc2c(c1)CN(/C(=N\C(=O)OC(C)(C)C)NC(=O)OC(C)(C)C)C2. The van der Waals surface area contributed by atoms with E-state index in [1.807, 2.05) is 37.3 Å². The first-order valence-electron chi connectivity index (χ1n) is 19.5. The van der Waals surface area contributed by atoms with Gasteiger partial charge >= 0.3 is 24.4 Å². The van der Waals surface area contributed by atoms with Crippen molar-refractivity contribution in [2.24, 2.45) is 9.98 Å². The average molecular weight is 818 g/mol. The quantitative estimate of drug-likeness (QED) is 0.154. The standard InChI is InChI=1S/C43H59N7O9/c1-26-22-28(27-18-20-49(21-19-27)34(45-36(52)56-40(2,3)4)46-37(53)57-41(5,6)7)15-17-32(26)33(51)44-31-16-14-29-24-50(25-30(29)23-31)35(47-38(54)58-42(8,9)10)48-39(55)59-43(11,12)13/h14-18,22-23H,19-21,24-25H2,1-13H3,(H,44,51)(H,45,46,52,53)(H,47,48,54,55). The van der Waals surface area contributed by atoms with E-state index < -0.39 is 46.8 Å². The Bertz CT molecular complexity index is 2040. The van der Waals surface area contributed by atoms with Crippen LogP contribution in [0.1, 0.15) is 122 Å². The molecule has 320 valence electrons. The van der Waals surface area contributed by atoms with Gasteiger partial charge in [-0.15, -0.1) is 9.98 Å². The minimum atomic E-state index is -0.859. The molecule has 0 saturated carbocycles. The molecule has 0 saturated heterocycles. The van der Waals surface area contributed by atoms with Gasteiger partial charge in [0.05, 0.1) is 0 Å². The second-order valence-corrected chi connectivity index (χ2v) is 18.3. The minimum Gasteiger partial charge on any atom is -0.444 e. The molecule has 2 aliphatic heterocycles. The molecule has 4 rings (SSSR count). The summed E-state index contributed by atoms with van der Waals surface area (Å²) in [5.74, 6) is -0.278. The van der Waals surface area contributed by atoms with Gasteiger partial charge < -0.3 is 34.1 Å². The number of anilines is 1. The van der Waals surface area contributed by atoms with Crippen molar-refractivity contribution in [3.05, 3.63) is 70.3 Å². The molecule has 0 aromatic heterocycles. The van der Waals surface area contributed by atoms with Crippen molar-refractivity contribution in [1.82, 2.24) is 20.4 Å². The third kappa shape index (κ3) is 14.8. The van der Waals surface area contributed by atoms with Crippen LogP contribution in [-0.2, 0) is 32.0 Å². The highest BCUT2D eigenvalue weighted by molar-refractivity contribution is 6.06. The van der Waals surface area contributed by atoms with E-state index in [1.165, 1.54) is 0 Å². The van der Waals surface area contributed by atoms with Crippen LogP contribution >= 0.6 is 0 Å². The normalized spacial score (nSPS) is 15.1. The monoisotopic (exact) mass is 817 g/mol. The van der Waals surface area contributed by atoms with Crippen LogP contribution < -0.4 is 16.0 Å². The van der Waals surface area contributed by atoms with Crippen LogP contribution in [0.15, 0.2) is 52.5 Å². The predicted molar refractivity (Wildman–Crippen MR) is 225 cm³/mol. The average Bonchev–Trinajstić information content (AvgIpc) is 3.48. The number of rotatable bonds is 3. The summed E-state index contributed by atoms with van der Waals surface area (Å²) in [5, 5.41) is 8.20. The van der Waals surface area contributed by atoms with E-state index in [9.17, 15) is 24.0 Å². The van der Waals surface area contributed by atoms with Crippen LogP contribution in [0.2, 0.25) is 0 Å². The first-order chi connectivity index (χ1) is 27.1. The Morgan fingerprint density at radius 2 is 1.14 bits per heavy atom. The lowest BCUT2D eigenvalue weighted by atomic mass is 9.95. The molecule has 16 nitrogen and oxygen atoms in total. The van der Waals surface area contributed by atoms with Crippen molar-refractivity contribution < 1.29 is 42.9 Å². The number of aryl methyl sites for hydroxylation is 1. The second-order valence-electron chi connectivity index (χ2n) is 18.3. The van der Waals surface area contributed by atoms with Crippen molar-refractivity contribution in [2.75, 3.05) is 18.4 Å². The zero-order chi connectivity index (χ0) is 44.1. The summed E-state index contributed by atoms with van der Waals surface area (Å²) >= 11 is 0. The van der Waals surface area contributed by atoms with Gasteiger partial charge in [-0.25, -0.2) is 19.2 Å². The molecule has 2 heterocycles. The van der Waals surface area contributed by atoms with Crippen LogP contribution in [0.4, 0.5) is 24.9 Å². The van der Waals surface area contributed by atoms with Gasteiger partial charge in [0.15, 0.2) is 0 Å². The van der Waals surface area contributed by atoms with E-state index in [0.29, 0.717) is 43.9 Å². The number of guanidine groups is 2. The molecule has 0 fully saturated rings. The van der Waals surface area contributed by atoms with Crippen LogP contribution in [0, 0.1) is 6.92 Å². The number of hydrogen-bond donors (Lipinski definition) is 3. The van der Waals surface area contributed by atoms with Crippen LogP contribution in [0.3, 0.4) is 0 Å². The number of carbonyl (C=O) groups is 5. The number of nitrogens with one attached hydrogen (secondary N) is 3. The molecule has 0 atom stereocenters. The van der Waals surface area contributed by atoms with Crippen molar-refractivity contribution in [3.8, 4) is 0 Å². The molecule has 0 spiro atoms. The van der Waals surface area contributed by atoms with Gasteiger partial charge in [0, 0.05) is 37.4 Å². The summed E-state index contributed by atoms with van der Waals surface area (Å²) in [5.41, 5.74) is 2.51. The molecule has 3 N–H and O–H groups in total. The second kappa shape index (κ2) is 17.9. The fourth-order valence-corrected chi connectivity index (χ4v) is 5.95. The number of hydrogen-bond acceptors (Lipinski definition) is 9. The molecule has 2 aromatic rings. The largest absolute Gasteiger partial charge is 0.444 e. The Kier molecular flexibility index (Phi) is 13.9. The smallest absolute Gasteiger partial charge is 0.437 e. The predicted octanol–water partition coefficient (Wildman–Crippen LogP) is 8.28. The molecular weight excluding hydrogens is 759 g/mol. The summed E-state index contributed by atoms with van der Waals surface area (Å²) in [7, 11) is 0. The van der Waals surface area contributed by atoms with Crippen molar-refractivity contribution in [1.29, 1.82) is 0 Å². The molecular formula is C43H59N7O9. The lowest BCUT2D eigenvalue weighted by molar-refractivity contribution is 0.0536. The number of benzene rings is 2. The third-order valence-corrected chi connectivity index (χ3v) is 8.24. The number of amides is 5. The Morgan fingerprint density at radius 3 is 1.61 bits per heavy atom. The summed E-state index contributed by atoms with van der Waals surface area (Å²) < 4.78 is 21.5. The Hall–Kier alpha value is -5.93. The number of ether oxygens (including phenoxy) is 4. The van der Waals surface area contributed by atoms with Gasteiger partial charge in [-0.05, 0) is 142 Å². The molecule has 59 heavy (non-hydrogen) atoms. The van der Waals surface area contributed by atoms with E-state index in [0.717, 1.165) is 27.8 Å². The van der Waals surface area contributed by atoms with E-state index >= 15 is 0 Å². The molecule has 16 heteroatoms. The highest BCUT2D eigenvalue weighted by Crippen LogP contribution is 2.28. The summed E-state index contributed by atoms with van der Waals surface area (Å²) in [6.07, 6.45) is -0.651. The van der Waals surface area contributed by atoms with E-state index in [1.54, 1.807) is 105 Å². The zero-order valence-corrected chi connectivity index (χ0v) is 36.5. The van der Waals surface area contributed by atoms with Crippen LogP contribution in [0.25, 0.3) is 5.57 Å². The third-order valence-electron chi connectivity index (χ3n) is 8.24. The van der Waals surface area contributed by atoms with Gasteiger partial charge in [-0.1, -0.05) is 24.3 Å². The van der Waals surface area contributed by atoms with Crippen molar-refractivity contribution in [3.63, 3.8) is 0 Å². The maximum atomic E-state index is 13.6. The highest BCUT2D eigenvalue weighted by atomic mass is 16.6. The number of carbonyl (C=O) groups excluding carboxylic acids is 5. The Morgan fingerprint density at radius 1 is 0.627 bits per heavy atom. The number of aliphatic imine (C=N–C) groups is 2. The Balaban J connectivity index is 1.45. The number of fused-ring (bicyclic) bond motifs is 1. The first-order valence-corrected chi connectivity index (χ1v) is 19.5. The van der Waals surface area contributed by atoms with E-state index in [4.69, 9.17) is 18.9 Å².